The van der Waals surface area contributed by atoms with Crippen molar-refractivity contribution in [1.82, 2.24) is 0 Å². The van der Waals surface area contributed by atoms with Gasteiger partial charge >= 0.3 is 6.18 Å². The second-order valence-electron chi connectivity index (χ2n) is 3.09. The zero-order valence-electron chi connectivity index (χ0n) is 8.08. The molecule has 0 amide bonds. The zero-order valence-corrected chi connectivity index (χ0v) is 8.08. The van der Waals surface area contributed by atoms with Crippen LogP contribution in [0.4, 0.5) is 18.9 Å². The molecule has 82 valence electrons. The van der Waals surface area contributed by atoms with Crippen LogP contribution < -0.4 is 4.90 Å². The van der Waals surface area contributed by atoms with Gasteiger partial charge in [0, 0.05) is 12.7 Å². The maximum Gasteiger partial charge on any atom is 0.416 e. The Balaban J connectivity index is 2.85. The molecular formula is C10H10F3NO. The molecule has 2 nitrogen and oxygen atoms in total. The molecule has 0 bridgehead atoms. The summed E-state index contributed by atoms with van der Waals surface area (Å²) in [5.74, 6) is 0. The number of hydrogen-bond acceptors (Lipinski definition) is 2. The Hall–Kier alpha value is -1.52. The number of aldehydes is 1. The molecule has 1 aromatic carbocycles. The molecule has 0 aliphatic rings. The Labute approximate surface area is 85.3 Å². The molecular weight excluding hydrogens is 207 g/mol. The maximum absolute atomic E-state index is 12.2. The van der Waals surface area contributed by atoms with Crippen molar-refractivity contribution in [3.05, 3.63) is 29.8 Å². The molecule has 0 radical (unpaired) electrons. The van der Waals surface area contributed by atoms with Gasteiger partial charge in [-0.2, -0.15) is 13.2 Å². The SMILES string of the molecule is CN(CC=O)c1ccc(C(F)(F)F)cc1. The van der Waals surface area contributed by atoms with Gasteiger partial charge in [0.25, 0.3) is 0 Å². The summed E-state index contributed by atoms with van der Waals surface area (Å²) in [6.45, 7) is 0.158. The van der Waals surface area contributed by atoms with Gasteiger partial charge in [-0.3, -0.25) is 0 Å². The summed E-state index contributed by atoms with van der Waals surface area (Å²) >= 11 is 0. The van der Waals surface area contributed by atoms with E-state index < -0.39 is 11.7 Å². The highest BCUT2D eigenvalue weighted by atomic mass is 19.4. The summed E-state index contributed by atoms with van der Waals surface area (Å²) in [7, 11) is 1.64. The van der Waals surface area contributed by atoms with Crippen LogP contribution >= 0.6 is 0 Å². The monoisotopic (exact) mass is 217 g/mol. The molecule has 1 aromatic rings. The molecule has 0 aromatic heterocycles. The van der Waals surface area contributed by atoms with Crippen LogP contribution in [0.15, 0.2) is 24.3 Å². The number of rotatable bonds is 3. The molecule has 5 heteroatoms. The number of anilines is 1. The number of alkyl halides is 3. The van der Waals surface area contributed by atoms with Crippen LogP contribution in [0.2, 0.25) is 0 Å². The van der Waals surface area contributed by atoms with Crippen molar-refractivity contribution in [3.8, 4) is 0 Å². The summed E-state index contributed by atoms with van der Waals surface area (Å²) in [6.07, 6.45) is -3.63. The van der Waals surface area contributed by atoms with Gasteiger partial charge in [-0.05, 0) is 24.3 Å². The first-order valence-electron chi connectivity index (χ1n) is 4.27. The zero-order chi connectivity index (χ0) is 11.5. The lowest BCUT2D eigenvalue weighted by molar-refractivity contribution is -0.137. The van der Waals surface area contributed by atoms with Crippen molar-refractivity contribution in [1.29, 1.82) is 0 Å². The van der Waals surface area contributed by atoms with Gasteiger partial charge in [0.2, 0.25) is 0 Å². The minimum Gasteiger partial charge on any atom is -0.368 e. The fraction of sp³-hybridized carbons (Fsp3) is 0.300. The Kier molecular flexibility index (Phi) is 3.34. The van der Waals surface area contributed by atoms with Crippen molar-refractivity contribution < 1.29 is 18.0 Å². The highest BCUT2D eigenvalue weighted by molar-refractivity contribution is 5.60. The smallest absolute Gasteiger partial charge is 0.368 e. The molecule has 0 aliphatic carbocycles. The molecule has 0 spiro atoms. The minimum absolute atomic E-state index is 0.158. The fourth-order valence-corrected chi connectivity index (χ4v) is 1.12. The van der Waals surface area contributed by atoms with E-state index in [9.17, 15) is 18.0 Å². The molecule has 0 atom stereocenters. The van der Waals surface area contributed by atoms with E-state index >= 15 is 0 Å². The van der Waals surface area contributed by atoms with Crippen molar-refractivity contribution in [2.75, 3.05) is 18.5 Å². The molecule has 0 N–H and O–H groups in total. The van der Waals surface area contributed by atoms with Crippen molar-refractivity contribution in [3.63, 3.8) is 0 Å². The number of benzene rings is 1. The molecule has 1 rings (SSSR count). The van der Waals surface area contributed by atoms with Gasteiger partial charge in [-0.15, -0.1) is 0 Å². The normalized spacial score (nSPS) is 11.2. The second kappa shape index (κ2) is 4.33. The number of halogens is 3. The third-order valence-electron chi connectivity index (χ3n) is 1.98. The van der Waals surface area contributed by atoms with E-state index in [1.807, 2.05) is 0 Å². The number of hydrogen-bond donors (Lipinski definition) is 0. The van der Waals surface area contributed by atoms with Crippen LogP contribution in [0.5, 0.6) is 0 Å². The predicted molar refractivity (Wildman–Crippen MR) is 50.8 cm³/mol. The van der Waals surface area contributed by atoms with Crippen molar-refractivity contribution in [2.24, 2.45) is 0 Å². The fourth-order valence-electron chi connectivity index (χ4n) is 1.12. The quantitative estimate of drug-likeness (QED) is 0.724. The molecule has 15 heavy (non-hydrogen) atoms. The number of likely N-dealkylation sites (N-methyl/N-ethyl adjacent to an activating group) is 1. The van der Waals surface area contributed by atoms with E-state index in [-0.39, 0.29) is 6.54 Å². The average Bonchev–Trinajstić information content (AvgIpc) is 2.17. The van der Waals surface area contributed by atoms with Gasteiger partial charge in [0.05, 0.1) is 12.1 Å². The summed E-state index contributed by atoms with van der Waals surface area (Å²) < 4.78 is 36.6. The average molecular weight is 217 g/mol. The molecule has 0 aliphatic heterocycles. The van der Waals surface area contributed by atoms with Crippen LogP contribution in [0.25, 0.3) is 0 Å². The Morgan fingerprint density at radius 2 is 1.80 bits per heavy atom. The van der Waals surface area contributed by atoms with Crippen LogP contribution in [-0.2, 0) is 11.0 Å². The molecule has 0 saturated carbocycles. The summed E-state index contributed by atoms with van der Waals surface area (Å²) in [4.78, 5) is 11.8. The highest BCUT2D eigenvalue weighted by Gasteiger charge is 2.29. The van der Waals surface area contributed by atoms with E-state index in [0.717, 1.165) is 12.1 Å². The summed E-state index contributed by atoms with van der Waals surface area (Å²) in [5, 5.41) is 0. The van der Waals surface area contributed by atoms with Crippen LogP contribution in [-0.4, -0.2) is 19.9 Å². The van der Waals surface area contributed by atoms with Crippen molar-refractivity contribution >= 4 is 12.0 Å². The minimum atomic E-state index is -4.32. The third kappa shape index (κ3) is 2.97. The molecule has 0 heterocycles. The van der Waals surface area contributed by atoms with Gasteiger partial charge < -0.3 is 9.69 Å². The van der Waals surface area contributed by atoms with Crippen molar-refractivity contribution in [2.45, 2.75) is 6.18 Å². The lowest BCUT2D eigenvalue weighted by Crippen LogP contribution is -2.19. The molecule has 0 fully saturated rings. The largest absolute Gasteiger partial charge is 0.416 e. The summed E-state index contributed by atoms with van der Waals surface area (Å²) in [6, 6.07) is 4.67. The van der Waals surface area contributed by atoms with E-state index in [2.05, 4.69) is 0 Å². The third-order valence-corrected chi connectivity index (χ3v) is 1.98. The number of carbonyl (C=O) groups excluding carboxylic acids is 1. The first-order valence-corrected chi connectivity index (χ1v) is 4.27. The Morgan fingerprint density at radius 1 is 1.27 bits per heavy atom. The molecule has 0 unspecified atom stereocenters. The number of carbonyl (C=O) groups is 1. The highest BCUT2D eigenvalue weighted by Crippen LogP contribution is 2.30. The lowest BCUT2D eigenvalue weighted by Gasteiger charge is -2.16. The topological polar surface area (TPSA) is 20.3 Å². The molecule has 0 saturated heterocycles. The Morgan fingerprint density at radius 3 is 2.20 bits per heavy atom. The second-order valence-corrected chi connectivity index (χ2v) is 3.09. The van der Waals surface area contributed by atoms with Gasteiger partial charge in [0.1, 0.15) is 6.29 Å². The van der Waals surface area contributed by atoms with E-state index in [1.54, 1.807) is 11.9 Å². The van der Waals surface area contributed by atoms with Crippen LogP contribution in [0.3, 0.4) is 0 Å². The van der Waals surface area contributed by atoms with Gasteiger partial charge in [0.15, 0.2) is 0 Å². The number of nitrogens with zero attached hydrogens (tertiary/aromatic N) is 1. The lowest BCUT2D eigenvalue weighted by atomic mass is 10.2. The van der Waals surface area contributed by atoms with E-state index in [4.69, 9.17) is 0 Å². The van der Waals surface area contributed by atoms with Crippen LogP contribution in [0, 0.1) is 0 Å². The Bertz CT molecular complexity index is 332. The predicted octanol–water partition coefficient (Wildman–Crippen LogP) is 2.34. The van der Waals surface area contributed by atoms with E-state index in [1.165, 1.54) is 12.1 Å². The summed E-state index contributed by atoms with van der Waals surface area (Å²) in [5.41, 5.74) is -0.110. The van der Waals surface area contributed by atoms with Gasteiger partial charge in [-0.25, -0.2) is 0 Å². The first-order chi connectivity index (χ1) is 6.95. The van der Waals surface area contributed by atoms with Crippen LogP contribution in [0.1, 0.15) is 5.56 Å². The first kappa shape index (κ1) is 11.6. The maximum atomic E-state index is 12.2. The van der Waals surface area contributed by atoms with E-state index in [0.29, 0.717) is 12.0 Å². The van der Waals surface area contributed by atoms with Gasteiger partial charge in [-0.1, -0.05) is 0 Å². The standard InChI is InChI=1S/C10H10F3NO/c1-14(6-7-15)9-4-2-8(3-5-9)10(11,12)13/h2-5,7H,6H2,1H3.